The van der Waals surface area contributed by atoms with E-state index in [0.717, 1.165) is 12.0 Å². The predicted octanol–water partition coefficient (Wildman–Crippen LogP) is 2.08. The van der Waals surface area contributed by atoms with Gasteiger partial charge in [-0.2, -0.15) is 0 Å². The summed E-state index contributed by atoms with van der Waals surface area (Å²) in [5, 5.41) is 13.9. The van der Waals surface area contributed by atoms with Crippen LogP contribution in [0.25, 0.3) is 0 Å². The number of nitrogens with one attached hydrogen (secondary N) is 1. The molecule has 1 heterocycles. The van der Waals surface area contributed by atoms with E-state index in [1.165, 1.54) is 7.05 Å². The topological polar surface area (TPSA) is 80.4 Å². The van der Waals surface area contributed by atoms with Crippen LogP contribution in [0.3, 0.4) is 0 Å². The van der Waals surface area contributed by atoms with E-state index in [0.29, 0.717) is 11.0 Å². The quantitative estimate of drug-likeness (QED) is 0.292. The number of hydrogen-bond donors (Lipinski definition) is 1. The largest absolute Gasteiger partial charge is 0.361 e. The number of nitro groups is 1. The van der Waals surface area contributed by atoms with Crippen LogP contribution in [-0.2, 0) is 0 Å². The van der Waals surface area contributed by atoms with Crippen molar-refractivity contribution in [2.45, 2.75) is 19.4 Å². The van der Waals surface area contributed by atoms with Gasteiger partial charge in [0.15, 0.2) is 5.84 Å². The summed E-state index contributed by atoms with van der Waals surface area (Å²) < 4.78 is 0. The molecule has 1 aromatic heterocycles. The number of pyridine rings is 1. The molecule has 1 atom stereocenters. The maximum atomic E-state index is 10.5. The molecule has 1 unspecified atom stereocenters. The summed E-state index contributed by atoms with van der Waals surface area (Å²) in [5.41, 5.74) is 0.923. The molecule has 0 spiro atoms. The zero-order valence-electron chi connectivity index (χ0n) is 10.3. The zero-order valence-corrected chi connectivity index (χ0v) is 11.0. The van der Waals surface area contributed by atoms with Crippen molar-refractivity contribution in [3.8, 4) is 0 Å². The van der Waals surface area contributed by atoms with Gasteiger partial charge in [0.05, 0.1) is 6.04 Å². The Hall–Kier alpha value is -1.69. The molecular formula is C11H15ClN4O2. The van der Waals surface area contributed by atoms with Gasteiger partial charge in [-0.25, -0.2) is 4.98 Å². The third-order valence-electron chi connectivity index (χ3n) is 2.45. The van der Waals surface area contributed by atoms with Crippen molar-refractivity contribution in [3.63, 3.8) is 0 Å². The van der Waals surface area contributed by atoms with Crippen molar-refractivity contribution in [2.24, 2.45) is 4.99 Å². The first-order valence-corrected chi connectivity index (χ1v) is 5.90. The van der Waals surface area contributed by atoms with Gasteiger partial charge in [0, 0.05) is 18.2 Å². The highest BCUT2D eigenvalue weighted by molar-refractivity contribution is 6.29. The maximum absolute atomic E-state index is 10.5. The molecule has 0 aliphatic heterocycles. The highest BCUT2D eigenvalue weighted by Crippen LogP contribution is 2.17. The Bertz CT molecular complexity index is 433. The molecule has 0 fully saturated rings. The van der Waals surface area contributed by atoms with Gasteiger partial charge in [0.25, 0.3) is 6.54 Å². The Morgan fingerprint density at radius 2 is 2.39 bits per heavy atom. The van der Waals surface area contributed by atoms with Crippen LogP contribution in [0.4, 0.5) is 0 Å². The summed E-state index contributed by atoms with van der Waals surface area (Å²) in [5.74, 6) is 0.349. The minimum atomic E-state index is -0.415. The fraction of sp³-hybridized carbons (Fsp3) is 0.455. The lowest BCUT2D eigenvalue weighted by Crippen LogP contribution is -2.33. The highest BCUT2D eigenvalue weighted by atomic mass is 35.5. The average Bonchev–Trinajstić information content (AvgIpc) is 2.35. The minimum absolute atomic E-state index is 0.0617. The van der Waals surface area contributed by atoms with E-state index < -0.39 is 4.92 Å². The van der Waals surface area contributed by atoms with Gasteiger partial charge >= 0.3 is 0 Å². The first kappa shape index (κ1) is 14.4. The lowest BCUT2D eigenvalue weighted by Gasteiger charge is -2.17. The van der Waals surface area contributed by atoms with Gasteiger partial charge in [-0.05, 0) is 18.1 Å². The summed E-state index contributed by atoms with van der Waals surface area (Å²) in [6.45, 7) is 1.67. The van der Waals surface area contributed by atoms with Crippen LogP contribution in [0.15, 0.2) is 23.3 Å². The lowest BCUT2D eigenvalue weighted by molar-refractivity contribution is -0.463. The van der Waals surface area contributed by atoms with Crippen LogP contribution in [-0.4, -0.2) is 29.3 Å². The summed E-state index contributed by atoms with van der Waals surface area (Å²) in [6, 6.07) is 3.47. The van der Waals surface area contributed by atoms with Crippen molar-refractivity contribution < 1.29 is 4.92 Å². The number of hydrogen-bond acceptors (Lipinski definition) is 4. The Balaban J connectivity index is 2.78. The fourth-order valence-corrected chi connectivity index (χ4v) is 1.63. The molecule has 6 nitrogen and oxygen atoms in total. The van der Waals surface area contributed by atoms with Crippen LogP contribution in [0.2, 0.25) is 5.15 Å². The van der Waals surface area contributed by atoms with Crippen LogP contribution in [0.5, 0.6) is 0 Å². The van der Waals surface area contributed by atoms with Crippen molar-refractivity contribution in [1.29, 1.82) is 0 Å². The van der Waals surface area contributed by atoms with Crippen LogP contribution < -0.4 is 5.32 Å². The number of halogens is 1. The Morgan fingerprint density at radius 1 is 1.67 bits per heavy atom. The molecule has 18 heavy (non-hydrogen) atoms. The van der Waals surface area contributed by atoms with E-state index in [2.05, 4.69) is 15.3 Å². The molecule has 1 N–H and O–H groups in total. The molecule has 0 saturated heterocycles. The molecule has 0 amide bonds. The predicted molar refractivity (Wildman–Crippen MR) is 70.6 cm³/mol. The molecule has 0 bridgehead atoms. The SMILES string of the molecule is CCC(NC(C[N+](=O)[O-])=NC)c1ccc(Cl)nc1. The number of aliphatic imine (C=N–C) groups is 1. The number of aromatic nitrogens is 1. The maximum Gasteiger partial charge on any atom is 0.259 e. The lowest BCUT2D eigenvalue weighted by atomic mass is 10.1. The van der Waals surface area contributed by atoms with Gasteiger partial charge in [0.2, 0.25) is 0 Å². The third kappa shape index (κ3) is 4.29. The molecule has 1 rings (SSSR count). The fourth-order valence-electron chi connectivity index (χ4n) is 1.52. The zero-order chi connectivity index (χ0) is 13.5. The van der Waals surface area contributed by atoms with Gasteiger partial charge in [-0.1, -0.05) is 24.6 Å². The molecule has 1 aromatic rings. The first-order chi connectivity index (χ1) is 8.56. The summed E-state index contributed by atoms with van der Waals surface area (Å²) >= 11 is 5.72. The molecular weight excluding hydrogens is 256 g/mol. The van der Waals surface area contributed by atoms with Gasteiger partial charge in [-0.3, -0.25) is 15.1 Å². The second-order valence-corrected chi connectivity index (χ2v) is 4.07. The average molecular weight is 271 g/mol. The number of amidine groups is 1. The normalized spacial score (nSPS) is 13.2. The van der Waals surface area contributed by atoms with Crippen LogP contribution in [0.1, 0.15) is 24.9 Å². The van der Waals surface area contributed by atoms with Gasteiger partial charge < -0.3 is 5.32 Å². The summed E-state index contributed by atoms with van der Waals surface area (Å²) in [4.78, 5) is 17.9. The van der Waals surface area contributed by atoms with E-state index in [4.69, 9.17) is 11.6 Å². The van der Waals surface area contributed by atoms with Crippen molar-refractivity contribution in [1.82, 2.24) is 10.3 Å². The monoisotopic (exact) mass is 270 g/mol. The summed E-state index contributed by atoms with van der Waals surface area (Å²) in [6.07, 6.45) is 2.42. The van der Waals surface area contributed by atoms with E-state index in [1.54, 1.807) is 12.3 Å². The standard InChI is InChI=1S/C11H15ClN4O2/c1-3-9(8-4-5-10(12)14-6-8)15-11(13-2)7-16(17)18/h4-6,9H,3,7H2,1-2H3,(H,13,15). The van der Waals surface area contributed by atoms with Gasteiger partial charge in [0.1, 0.15) is 5.15 Å². The third-order valence-corrected chi connectivity index (χ3v) is 2.67. The van der Waals surface area contributed by atoms with Crippen LogP contribution in [0, 0.1) is 10.1 Å². The van der Waals surface area contributed by atoms with E-state index in [1.807, 2.05) is 13.0 Å². The molecule has 0 aromatic carbocycles. The van der Waals surface area contributed by atoms with Crippen molar-refractivity contribution >= 4 is 17.4 Å². The molecule has 0 aliphatic rings. The molecule has 0 aliphatic carbocycles. The van der Waals surface area contributed by atoms with E-state index in [9.17, 15) is 10.1 Å². The van der Waals surface area contributed by atoms with Crippen molar-refractivity contribution in [2.75, 3.05) is 13.6 Å². The Kier molecular flexibility index (Phi) is 5.51. The molecule has 0 radical (unpaired) electrons. The highest BCUT2D eigenvalue weighted by Gasteiger charge is 2.14. The molecule has 0 saturated carbocycles. The van der Waals surface area contributed by atoms with Gasteiger partial charge in [-0.15, -0.1) is 0 Å². The van der Waals surface area contributed by atoms with E-state index >= 15 is 0 Å². The minimum Gasteiger partial charge on any atom is -0.361 e. The summed E-state index contributed by atoms with van der Waals surface area (Å²) in [7, 11) is 1.53. The van der Waals surface area contributed by atoms with E-state index in [-0.39, 0.29) is 12.6 Å². The van der Waals surface area contributed by atoms with Crippen molar-refractivity contribution in [3.05, 3.63) is 39.2 Å². The first-order valence-electron chi connectivity index (χ1n) is 5.52. The molecule has 98 valence electrons. The Morgan fingerprint density at radius 3 is 2.83 bits per heavy atom. The van der Waals surface area contributed by atoms with Crippen LogP contribution >= 0.6 is 11.6 Å². The Labute approximate surface area is 110 Å². The second kappa shape index (κ2) is 6.90. The smallest absolute Gasteiger partial charge is 0.259 e. The number of rotatable bonds is 5. The number of nitrogens with zero attached hydrogens (tertiary/aromatic N) is 3. The second-order valence-electron chi connectivity index (χ2n) is 3.68. The molecule has 7 heteroatoms.